The van der Waals surface area contributed by atoms with Crippen LogP contribution in [0.15, 0.2) is 66.0 Å². The fourth-order valence-corrected chi connectivity index (χ4v) is 3.17. The highest BCUT2D eigenvalue weighted by atomic mass is 35.5. The van der Waals surface area contributed by atoms with E-state index in [9.17, 15) is 9.59 Å². The Hall–Kier alpha value is -3.03. The molecular formula is C21H20ClN3O3S. The molecule has 1 aromatic heterocycles. The van der Waals surface area contributed by atoms with Gasteiger partial charge in [-0.3, -0.25) is 4.79 Å². The molecule has 0 saturated heterocycles. The van der Waals surface area contributed by atoms with Crippen molar-refractivity contribution in [3.63, 3.8) is 0 Å². The minimum atomic E-state index is -0.272. The summed E-state index contributed by atoms with van der Waals surface area (Å²) in [4.78, 5) is 26.7. The number of carbonyl (C=O) groups excluding carboxylic acids is 2. The standard InChI is InChI=1S/C21H20ClN3O3S/c1-25(11-12-28-18-9-7-15(22)8-10-18)21(27)24-17-5-2-4-16(14-17)23-20(26)19-6-3-13-29-19/h2-10,13-14H,11-12H2,1H3,(H,23,26)(H,24,27). The first-order valence-electron chi connectivity index (χ1n) is 8.86. The monoisotopic (exact) mass is 429 g/mol. The topological polar surface area (TPSA) is 70.7 Å². The summed E-state index contributed by atoms with van der Waals surface area (Å²) < 4.78 is 5.60. The number of nitrogens with zero attached hydrogens (tertiary/aromatic N) is 1. The molecule has 6 nitrogen and oxygen atoms in total. The summed E-state index contributed by atoms with van der Waals surface area (Å²) in [6.07, 6.45) is 0. The van der Waals surface area contributed by atoms with E-state index in [4.69, 9.17) is 16.3 Å². The first kappa shape index (κ1) is 20.7. The van der Waals surface area contributed by atoms with E-state index in [1.807, 2.05) is 11.4 Å². The second kappa shape index (κ2) is 9.95. The smallest absolute Gasteiger partial charge is 0.321 e. The second-order valence-electron chi connectivity index (χ2n) is 6.17. The molecule has 2 N–H and O–H groups in total. The SMILES string of the molecule is CN(CCOc1ccc(Cl)cc1)C(=O)Nc1cccc(NC(=O)c2cccs2)c1. The molecule has 0 fully saturated rings. The van der Waals surface area contributed by atoms with Gasteiger partial charge in [0.05, 0.1) is 11.4 Å². The van der Waals surface area contributed by atoms with Crippen molar-refractivity contribution in [1.29, 1.82) is 0 Å². The molecule has 0 aliphatic rings. The van der Waals surface area contributed by atoms with Crippen LogP contribution in [0.1, 0.15) is 9.67 Å². The molecule has 1 heterocycles. The van der Waals surface area contributed by atoms with Gasteiger partial charge in [0.2, 0.25) is 0 Å². The number of hydrogen-bond donors (Lipinski definition) is 2. The lowest BCUT2D eigenvalue weighted by molar-refractivity contribution is 0.103. The highest BCUT2D eigenvalue weighted by Gasteiger charge is 2.11. The number of amides is 3. The number of nitrogens with one attached hydrogen (secondary N) is 2. The molecule has 3 rings (SSSR count). The van der Waals surface area contributed by atoms with Crippen LogP contribution in [0.4, 0.5) is 16.2 Å². The number of likely N-dealkylation sites (N-methyl/N-ethyl adjacent to an activating group) is 1. The zero-order valence-electron chi connectivity index (χ0n) is 15.7. The van der Waals surface area contributed by atoms with Crippen molar-refractivity contribution in [2.45, 2.75) is 0 Å². The van der Waals surface area contributed by atoms with Gasteiger partial charge in [0.15, 0.2) is 0 Å². The predicted molar refractivity (Wildman–Crippen MR) is 117 cm³/mol. The average Bonchev–Trinajstić information content (AvgIpc) is 3.25. The van der Waals surface area contributed by atoms with Crippen LogP contribution in [0, 0.1) is 0 Å². The first-order chi connectivity index (χ1) is 14.0. The molecule has 8 heteroatoms. The van der Waals surface area contributed by atoms with Gasteiger partial charge in [0, 0.05) is 23.4 Å². The molecule has 0 atom stereocenters. The number of halogens is 1. The van der Waals surface area contributed by atoms with E-state index in [0.29, 0.717) is 40.2 Å². The van der Waals surface area contributed by atoms with Gasteiger partial charge in [-0.1, -0.05) is 23.7 Å². The maximum Gasteiger partial charge on any atom is 0.321 e. The number of anilines is 2. The summed E-state index contributed by atoms with van der Waals surface area (Å²) in [5.74, 6) is 0.511. The van der Waals surface area contributed by atoms with Crippen LogP contribution in [-0.4, -0.2) is 37.0 Å². The van der Waals surface area contributed by atoms with Crippen molar-refractivity contribution in [3.8, 4) is 5.75 Å². The van der Waals surface area contributed by atoms with Crippen LogP contribution < -0.4 is 15.4 Å². The Labute approximate surface area is 178 Å². The van der Waals surface area contributed by atoms with Crippen molar-refractivity contribution >= 4 is 46.3 Å². The fraction of sp³-hybridized carbons (Fsp3) is 0.143. The highest BCUT2D eigenvalue weighted by molar-refractivity contribution is 7.12. The van der Waals surface area contributed by atoms with E-state index < -0.39 is 0 Å². The normalized spacial score (nSPS) is 10.3. The van der Waals surface area contributed by atoms with Crippen molar-refractivity contribution in [2.24, 2.45) is 0 Å². The summed E-state index contributed by atoms with van der Waals surface area (Å²) in [7, 11) is 1.68. The minimum Gasteiger partial charge on any atom is -0.492 e. The van der Waals surface area contributed by atoms with E-state index in [2.05, 4.69) is 10.6 Å². The quantitative estimate of drug-likeness (QED) is 0.542. The molecule has 3 amide bonds. The van der Waals surface area contributed by atoms with Gasteiger partial charge in [-0.25, -0.2) is 4.79 Å². The summed E-state index contributed by atoms with van der Waals surface area (Å²) in [6.45, 7) is 0.756. The van der Waals surface area contributed by atoms with Crippen molar-refractivity contribution in [1.82, 2.24) is 4.90 Å². The van der Waals surface area contributed by atoms with Crippen molar-refractivity contribution in [3.05, 3.63) is 75.9 Å². The Kier molecular flexibility index (Phi) is 7.10. The minimum absolute atomic E-state index is 0.181. The Morgan fingerprint density at radius 2 is 1.76 bits per heavy atom. The molecule has 0 aliphatic carbocycles. The third-order valence-corrected chi connectivity index (χ3v) is 5.09. The number of urea groups is 1. The van der Waals surface area contributed by atoms with Crippen LogP contribution in [-0.2, 0) is 0 Å². The molecule has 3 aromatic rings. The lowest BCUT2D eigenvalue weighted by Crippen LogP contribution is -2.34. The number of thiophene rings is 1. The van der Waals surface area contributed by atoms with E-state index in [-0.39, 0.29) is 11.9 Å². The maximum absolute atomic E-state index is 12.4. The first-order valence-corrected chi connectivity index (χ1v) is 10.1. The van der Waals surface area contributed by atoms with Crippen molar-refractivity contribution in [2.75, 3.05) is 30.8 Å². The van der Waals surface area contributed by atoms with Gasteiger partial charge in [-0.05, 0) is 53.9 Å². The van der Waals surface area contributed by atoms with Crippen LogP contribution >= 0.6 is 22.9 Å². The molecule has 2 aromatic carbocycles. The number of benzene rings is 2. The molecule has 150 valence electrons. The Bertz CT molecular complexity index is 962. The second-order valence-corrected chi connectivity index (χ2v) is 7.55. The molecule has 0 bridgehead atoms. The van der Waals surface area contributed by atoms with Crippen LogP contribution in [0.3, 0.4) is 0 Å². The molecule has 0 saturated carbocycles. The van der Waals surface area contributed by atoms with Crippen LogP contribution in [0.5, 0.6) is 5.75 Å². The van der Waals surface area contributed by atoms with Gasteiger partial charge in [0.1, 0.15) is 12.4 Å². The summed E-state index contributed by atoms with van der Waals surface area (Å²) in [5.41, 5.74) is 1.19. The maximum atomic E-state index is 12.4. The van der Waals surface area contributed by atoms with Gasteiger partial charge in [0.25, 0.3) is 5.91 Å². The Balaban J connectivity index is 1.49. The number of carbonyl (C=O) groups is 2. The Morgan fingerprint density at radius 3 is 2.45 bits per heavy atom. The highest BCUT2D eigenvalue weighted by Crippen LogP contribution is 2.18. The van der Waals surface area contributed by atoms with E-state index in [1.54, 1.807) is 61.6 Å². The summed E-state index contributed by atoms with van der Waals surface area (Å²) in [5, 5.41) is 8.12. The predicted octanol–water partition coefficient (Wildman–Crippen LogP) is 5.20. The molecular weight excluding hydrogens is 410 g/mol. The Morgan fingerprint density at radius 1 is 1.03 bits per heavy atom. The van der Waals surface area contributed by atoms with Gasteiger partial charge >= 0.3 is 6.03 Å². The molecule has 29 heavy (non-hydrogen) atoms. The zero-order chi connectivity index (χ0) is 20.6. The van der Waals surface area contributed by atoms with E-state index in [1.165, 1.54) is 16.2 Å². The number of ether oxygens (including phenoxy) is 1. The average molecular weight is 430 g/mol. The fourth-order valence-electron chi connectivity index (χ4n) is 2.43. The lowest BCUT2D eigenvalue weighted by Gasteiger charge is -2.18. The number of hydrogen-bond acceptors (Lipinski definition) is 4. The molecule has 0 radical (unpaired) electrons. The van der Waals surface area contributed by atoms with Gasteiger partial charge in [-0.15, -0.1) is 11.3 Å². The molecule has 0 aliphatic heterocycles. The largest absolute Gasteiger partial charge is 0.492 e. The van der Waals surface area contributed by atoms with E-state index >= 15 is 0 Å². The summed E-state index contributed by atoms with van der Waals surface area (Å²) in [6, 6.07) is 17.4. The molecule has 0 unspecified atom stereocenters. The van der Waals surface area contributed by atoms with Crippen molar-refractivity contribution < 1.29 is 14.3 Å². The van der Waals surface area contributed by atoms with Gasteiger partial charge in [-0.2, -0.15) is 0 Å². The zero-order valence-corrected chi connectivity index (χ0v) is 17.3. The molecule has 0 spiro atoms. The van der Waals surface area contributed by atoms with Crippen LogP contribution in [0.2, 0.25) is 5.02 Å². The van der Waals surface area contributed by atoms with Crippen LogP contribution in [0.25, 0.3) is 0 Å². The van der Waals surface area contributed by atoms with Gasteiger partial charge < -0.3 is 20.3 Å². The summed E-state index contributed by atoms with van der Waals surface area (Å²) >= 11 is 7.21. The third-order valence-electron chi connectivity index (χ3n) is 3.97. The number of rotatable bonds is 7. The third kappa shape index (κ3) is 6.23. The van der Waals surface area contributed by atoms with E-state index in [0.717, 1.165) is 0 Å². The lowest BCUT2D eigenvalue weighted by atomic mass is 10.2.